The van der Waals surface area contributed by atoms with Gasteiger partial charge in [0.1, 0.15) is 0 Å². The van der Waals surface area contributed by atoms with Crippen molar-refractivity contribution in [3.8, 4) is 0 Å². The lowest BCUT2D eigenvalue weighted by Gasteiger charge is -2.12. The molecule has 1 aliphatic carbocycles. The Labute approximate surface area is 121 Å². The quantitative estimate of drug-likeness (QED) is 0.821. The smallest absolute Gasteiger partial charge is 0.240 e. The lowest BCUT2D eigenvalue weighted by molar-refractivity contribution is 0.495. The largest absolute Gasteiger partial charge is 0.398 e. The van der Waals surface area contributed by atoms with E-state index >= 15 is 0 Å². The Kier molecular flexibility index (Phi) is 4.70. The van der Waals surface area contributed by atoms with Gasteiger partial charge in [0.2, 0.25) is 10.0 Å². The first-order chi connectivity index (χ1) is 9.40. The number of benzene rings is 1. The molecule has 0 unspecified atom stereocenters. The van der Waals surface area contributed by atoms with E-state index in [1.807, 2.05) is 13.8 Å². The number of sulfonamides is 1. The van der Waals surface area contributed by atoms with Crippen LogP contribution >= 0.6 is 0 Å². The summed E-state index contributed by atoms with van der Waals surface area (Å²) in [5, 5.41) is 0. The van der Waals surface area contributed by atoms with Crippen molar-refractivity contribution in [2.24, 2.45) is 5.92 Å². The van der Waals surface area contributed by atoms with E-state index in [1.54, 1.807) is 12.1 Å². The van der Waals surface area contributed by atoms with Gasteiger partial charge in [-0.2, -0.15) is 0 Å². The third-order valence-corrected chi connectivity index (χ3v) is 5.75. The average Bonchev–Trinajstić information content (AvgIpc) is 2.88. The molecule has 0 saturated heterocycles. The summed E-state index contributed by atoms with van der Waals surface area (Å²) in [6, 6.07) is 3.23. The molecule has 0 aromatic heterocycles. The number of nitrogens with one attached hydrogen (secondary N) is 1. The Morgan fingerprint density at radius 2 is 1.90 bits per heavy atom. The maximum absolute atomic E-state index is 12.3. The van der Waals surface area contributed by atoms with Gasteiger partial charge in [0, 0.05) is 12.2 Å². The molecule has 0 aliphatic heterocycles. The second-order valence-electron chi connectivity index (χ2n) is 5.79. The van der Waals surface area contributed by atoms with Crippen LogP contribution in [0.1, 0.15) is 43.2 Å². The molecule has 0 amide bonds. The molecular formula is C15H24N2O2S. The van der Waals surface area contributed by atoms with Crippen LogP contribution in [0.25, 0.3) is 0 Å². The van der Waals surface area contributed by atoms with Crippen LogP contribution in [0, 0.1) is 19.8 Å². The highest BCUT2D eigenvalue weighted by Crippen LogP contribution is 2.27. The summed E-state index contributed by atoms with van der Waals surface area (Å²) in [6.45, 7) is 4.29. The van der Waals surface area contributed by atoms with Gasteiger partial charge < -0.3 is 5.73 Å². The summed E-state index contributed by atoms with van der Waals surface area (Å²) in [7, 11) is -3.44. The maximum Gasteiger partial charge on any atom is 0.240 e. The van der Waals surface area contributed by atoms with Gasteiger partial charge in [-0.3, -0.25) is 0 Å². The third-order valence-electron chi connectivity index (χ3n) is 4.31. The van der Waals surface area contributed by atoms with Gasteiger partial charge in [-0.1, -0.05) is 25.7 Å². The van der Waals surface area contributed by atoms with E-state index in [0.717, 1.165) is 17.5 Å². The predicted molar refractivity (Wildman–Crippen MR) is 82.1 cm³/mol. The van der Waals surface area contributed by atoms with E-state index in [4.69, 9.17) is 5.73 Å². The minimum Gasteiger partial charge on any atom is -0.398 e. The molecule has 1 fully saturated rings. The Balaban J connectivity index is 2.02. The molecule has 2 rings (SSSR count). The first-order valence-electron chi connectivity index (χ1n) is 7.26. The number of hydrogen-bond donors (Lipinski definition) is 2. The highest BCUT2D eigenvalue weighted by molar-refractivity contribution is 7.89. The van der Waals surface area contributed by atoms with Crippen LogP contribution in [0.5, 0.6) is 0 Å². The number of hydrogen-bond acceptors (Lipinski definition) is 3. The summed E-state index contributed by atoms with van der Waals surface area (Å²) in [6.07, 6.45) is 5.96. The van der Waals surface area contributed by atoms with Crippen molar-refractivity contribution in [2.75, 3.05) is 12.3 Å². The van der Waals surface area contributed by atoms with Crippen LogP contribution in [-0.4, -0.2) is 15.0 Å². The van der Waals surface area contributed by atoms with Crippen LogP contribution in [0.3, 0.4) is 0 Å². The molecule has 0 spiro atoms. The molecule has 20 heavy (non-hydrogen) atoms. The molecule has 0 radical (unpaired) electrons. The molecular weight excluding hydrogens is 272 g/mol. The fraction of sp³-hybridized carbons (Fsp3) is 0.600. The molecule has 1 aromatic carbocycles. The van der Waals surface area contributed by atoms with E-state index in [-0.39, 0.29) is 4.90 Å². The van der Waals surface area contributed by atoms with Gasteiger partial charge in [-0.15, -0.1) is 0 Å². The fourth-order valence-electron chi connectivity index (χ4n) is 2.79. The normalized spacial score (nSPS) is 16.7. The Bertz CT molecular complexity index is 553. The van der Waals surface area contributed by atoms with Crippen LogP contribution in [0.4, 0.5) is 5.69 Å². The molecule has 1 saturated carbocycles. The van der Waals surface area contributed by atoms with E-state index in [1.165, 1.54) is 25.7 Å². The van der Waals surface area contributed by atoms with E-state index < -0.39 is 10.0 Å². The zero-order valence-corrected chi connectivity index (χ0v) is 13.1. The lowest BCUT2D eigenvalue weighted by Crippen LogP contribution is -2.26. The predicted octanol–water partition coefficient (Wildman–Crippen LogP) is 2.74. The first kappa shape index (κ1) is 15.3. The Hall–Kier alpha value is -1.07. The molecule has 0 heterocycles. The van der Waals surface area contributed by atoms with Crippen molar-refractivity contribution in [3.05, 3.63) is 23.3 Å². The number of nitrogen functional groups attached to an aromatic ring is 1. The highest BCUT2D eigenvalue weighted by atomic mass is 32.2. The monoisotopic (exact) mass is 296 g/mol. The average molecular weight is 296 g/mol. The van der Waals surface area contributed by atoms with Crippen molar-refractivity contribution in [2.45, 2.75) is 50.8 Å². The first-order valence-corrected chi connectivity index (χ1v) is 8.75. The highest BCUT2D eigenvalue weighted by Gasteiger charge is 2.18. The number of anilines is 1. The molecule has 5 heteroatoms. The van der Waals surface area contributed by atoms with Gasteiger partial charge in [-0.25, -0.2) is 13.1 Å². The number of rotatable bonds is 5. The third kappa shape index (κ3) is 3.52. The van der Waals surface area contributed by atoms with Crippen LogP contribution in [-0.2, 0) is 10.0 Å². The number of aryl methyl sites for hydroxylation is 1. The molecule has 1 aliphatic rings. The van der Waals surface area contributed by atoms with Crippen molar-refractivity contribution < 1.29 is 8.42 Å². The summed E-state index contributed by atoms with van der Waals surface area (Å²) in [5.41, 5.74) is 8.23. The topological polar surface area (TPSA) is 72.2 Å². The second kappa shape index (κ2) is 6.14. The van der Waals surface area contributed by atoms with E-state index in [2.05, 4.69) is 4.72 Å². The summed E-state index contributed by atoms with van der Waals surface area (Å²) in [5.74, 6) is 0.683. The number of nitrogens with two attached hydrogens (primary N) is 1. The van der Waals surface area contributed by atoms with E-state index in [9.17, 15) is 8.42 Å². The minimum atomic E-state index is -3.44. The molecule has 1 aromatic rings. The molecule has 4 nitrogen and oxygen atoms in total. The fourth-order valence-corrected chi connectivity index (χ4v) is 3.95. The van der Waals surface area contributed by atoms with Crippen molar-refractivity contribution in [1.29, 1.82) is 0 Å². The Morgan fingerprint density at radius 3 is 2.50 bits per heavy atom. The van der Waals surface area contributed by atoms with Crippen LogP contribution in [0.15, 0.2) is 17.0 Å². The van der Waals surface area contributed by atoms with Gasteiger partial charge in [0.05, 0.1) is 4.90 Å². The van der Waals surface area contributed by atoms with Gasteiger partial charge in [-0.05, 0) is 49.4 Å². The van der Waals surface area contributed by atoms with Gasteiger partial charge in [0.25, 0.3) is 0 Å². The molecule has 3 N–H and O–H groups in total. The second-order valence-corrected chi connectivity index (χ2v) is 7.56. The maximum atomic E-state index is 12.3. The minimum absolute atomic E-state index is 0.268. The summed E-state index contributed by atoms with van der Waals surface area (Å²) >= 11 is 0. The van der Waals surface area contributed by atoms with Gasteiger partial charge >= 0.3 is 0 Å². The molecule has 112 valence electrons. The zero-order chi connectivity index (χ0) is 14.8. The Morgan fingerprint density at radius 1 is 1.25 bits per heavy atom. The summed E-state index contributed by atoms with van der Waals surface area (Å²) < 4.78 is 27.2. The van der Waals surface area contributed by atoms with Crippen molar-refractivity contribution in [1.82, 2.24) is 4.72 Å². The van der Waals surface area contributed by atoms with Crippen LogP contribution < -0.4 is 10.5 Å². The van der Waals surface area contributed by atoms with E-state index in [0.29, 0.717) is 18.2 Å². The molecule has 0 atom stereocenters. The zero-order valence-electron chi connectivity index (χ0n) is 12.3. The van der Waals surface area contributed by atoms with Crippen molar-refractivity contribution in [3.63, 3.8) is 0 Å². The lowest BCUT2D eigenvalue weighted by atomic mass is 10.1. The summed E-state index contributed by atoms with van der Waals surface area (Å²) in [4.78, 5) is 0.268. The van der Waals surface area contributed by atoms with Crippen LogP contribution in [0.2, 0.25) is 0 Å². The standard InChI is InChI=1S/C15H24N2O2S/c1-11-9-14(10-15(16)12(11)2)20(18,19)17-8-7-13-5-3-4-6-13/h9-10,13,17H,3-8,16H2,1-2H3. The molecule has 0 bridgehead atoms. The SMILES string of the molecule is Cc1cc(S(=O)(=O)NCCC2CCCC2)cc(N)c1C. The van der Waals surface area contributed by atoms with Gasteiger partial charge in [0.15, 0.2) is 0 Å². The van der Waals surface area contributed by atoms with Crippen molar-refractivity contribution >= 4 is 15.7 Å².